The fourth-order valence-electron chi connectivity index (χ4n) is 13.9. The predicted octanol–water partition coefficient (Wildman–Crippen LogP) is 26.5. The van der Waals surface area contributed by atoms with Gasteiger partial charge in [-0.1, -0.05) is 186 Å². The number of ether oxygens (including phenoxy) is 2. The quantitative estimate of drug-likeness (QED) is 0.0280. The zero-order valence-electron chi connectivity index (χ0n) is 56.2. The van der Waals surface area contributed by atoms with Crippen molar-refractivity contribution in [2.24, 2.45) is 0 Å². The van der Waals surface area contributed by atoms with Crippen LogP contribution in [0.15, 0.2) is 84.9 Å². The van der Waals surface area contributed by atoms with E-state index >= 15 is 0 Å². The van der Waals surface area contributed by atoms with E-state index in [-0.39, 0.29) is 14.5 Å². The third kappa shape index (κ3) is 17.8. The molecule has 5 aromatic heterocycles. The van der Waals surface area contributed by atoms with Crippen LogP contribution in [-0.2, 0) is 12.8 Å². The molecule has 10 aromatic rings. The van der Waals surface area contributed by atoms with Crippen LogP contribution in [0.25, 0.3) is 94.2 Å². The number of fused-ring (bicyclic) bond motifs is 4. The third-order valence-corrected chi connectivity index (χ3v) is 24.9. The Morgan fingerprint density at radius 1 is 0.352 bits per heavy atom. The molecule has 0 amide bonds. The molecule has 5 heterocycles. The van der Waals surface area contributed by atoms with E-state index in [0.29, 0.717) is 13.2 Å². The van der Waals surface area contributed by atoms with Crippen molar-refractivity contribution in [3.8, 4) is 63.5 Å². The van der Waals surface area contributed by atoms with Crippen LogP contribution >= 0.6 is 46.1 Å². The summed E-state index contributed by atoms with van der Waals surface area (Å²) in [7, 11) is 0. The van der Waals surface area contributed by atoms with Gasteiger partial charge in [-0.15, -0.1) is 0 Å². The molecule has 0 spiro atoms. The number of aryl methyl sites for hydroxylation is 2. The van der Waals surface area contributed by atoms with Crippen molar-refractivity contribution in [3.63, 3.8) is 0 Å². The van der Waals surface area contributed by atoms with E-state index in [0.717, 1.165) is 87.1 Å². The number of thiophene rings is 2. The topological polar surface area (TPSA) is 70.0 Å². The van der Waals surface area contributed by atoms with Gasteiger partial charge in [-0.25, -0.2) is 0 Å². The molecular weight excluding hydrogens is 1260 g/mol. The van der Waals surface area contributed by atoms with Gasteiger partial charge in [0.1, 0.15) is 16.8 Å². The molecule has 0 fully saturated rings. The summed E-state index contributed by atoms with van der Waals surface area (Å²) in [6.07, 6.45) is 43.1. The van der Waals surface area contributed by atoms with E-state index in [1.807, 2.05) is 22.7 Å². The second kappa shape index (κ2) is 36.8. The molecule has 486 valence electrons. The Bertz CT molecular complexity index is 3720. The second-order valence-electron chi connectivity index (χ2n) is 26.0. The summed E-state index contributed by atoms with van der Waals surface area (Å²) >= 11 is 6.80. The van der Waals surface area contributed by atoms with Crippen LogP contribution in [0.5, 0.6) is 11.5 Å². The number of unbranched alkanes of at least 4 members (excludes halogenated alkanes) is 28. The molecule has 0 N–H and O–H groups in total. The number of rotatable bonds is 43. The molecule has 10 rings (SSSR count). The van der Waals surface area contributed by atoms with Gasteiger partial charge in [0.2, 0.25) is 0 Å². The summed E-state index contributed by atoms with van der Waals surface area (Å²) in [6, 6.07) is 31.7. The summed E-state index contributed by atoms with van der Waals surface area (Å²) in [5, 5.41) is 2.86. The van der Waals surface area contributed by atoms with Crippen LogP contribution in [0.2, 0.25) is 0 Å². The van der Waals surface area contributed by atoms with Crippen LogP contribution in [-0.4, -0.2) is 45.2 Å². The van der Waals surface area contributed by atoms with Crippen molar-refractivity contribution in [1.82, 2.24) is 17.5 Å². The average molecular weight is 1360 g/mol. The van der Waals surface area contributed by atoms with Crippen molar-refractivity contribution >= 4 is 103 Å². The van der Waals surface area contributed by atoms with E-state index < -0.39 is 0 Å². The van der Waals surface area contributed by atoms with Crippen molar-refractivity contribution in [3.05, 3.63) is 107 Å². The van der Waals surface area contributed by atoms with Gasteiger partial charge in [0.25, 0.3) is 0 Å². The zero-order valence-corrected chi connectivity index (χ0v) is 61.2. The minimum absolute atomic E-state index is 0.0879. The number of nitrogens with zero attached hydrogens (tertiary/aromatic N) is 4. The van der Waals surface area contributed by atoms with Gasteiger partial charge in [-0.3, -0.25) is 0 Å². The molecule has 0 atom stereocenters. The summed E-state index contributed by atoms with van der Waals surface area (Å²) in [5.41, 5.74) is 16.4. The summed E-state index contributed by atoms with van der Waals surface area (Å²) < 4.78 is 41.0. The van der Waals surface area contributed by atoms with Gasteiger partial charge in [-0.2, -0.15) is 8.75 Å². The molecule has 91 heavy (non-hydrogen) atoms. The van der Waals surface area contributed by atoms with Crippen molar-refractivity contribution in [2.75, 3.05) is 13.2 Å². The summed E-state index contributed by atoms with van der Waals surface area (Å²) in [5.74, 6) is 1.98. The summed E-state index contributed by atoms with van der Waals surface area (Å²) in [4.78, 5) is 2.54. The van der Waals surface area contributed by atoms with E-state index in [9.17, 15) is 0 Å². The molecule has 0 bridgehead atoms. The molecule has 0 aliphatic heterocycles. The SMILES string of the molecule is CCCCCCCCCCCCc1c2cc(-c3c(OCCCCCCCC)c(C)c(-c4ccccc4)c4nsnc34)sc2c(CCCCCCCCCCCC)c2cc(-c3c(C)c(OCCCCCCCC)c(-c4ccc(-c5ccccc5)[se]4)c4nsnc34)sc12. The van der Waals surface area contributed by atoms with E-state index in [1.54, 1.807) is 0 Å². The van der Waals surface area contributed by atoms with Crippen molar-refractivity contribution in [1.29, 1.82) is 0 Å². The fourth-order valence-corrected chi connectivity index (χ4v) is 19.9. The monoisotopic (exact) mass is 1360 g/mol. The van der Waals surface area contributed by atoms with Crippen LogP contribution in [0, 0.1) is 13.8 Å². The number of hydrogen-bond donors (Lipinski definition) is 0. The Hall–Kier alpha value is -4.74. The van der Waals surface area contributed by atoms with Gasteiger partial charge in [-0.05, 0) is 18.9 Å². The molecule has 0 saturated carbocycles. The zero-order chi connectivity index (χ0) is 63.0. The number of hydrogen-bond acceptors (Lipinski definition) is 10. The molecule has 6 nitrogen and oxygen atoms in total. The molecule has 0 aliphatic rings. The van der Waals surface area contributed by atoms with Crippen LogP contribution in [0.3, 0.4) is 0 Å². The van der Waals surface area contributed by atoms with Crippen LogP contribution in [0.1, 0.15) is 255 Å². The van der Waals surface area contributed by atoms with Crippen LogP contribution in [0.4, 0.5) is 0 Å². The molecule has 0 unspecified atom stereocenters. The predicted molar refractivity (Wildman–Crippen MR) is 402 cm³/mol. The first-order chi connectivity index (χ1) is 44.9. The second-order valence-corrected chi connectivity index (χ2v) is 31.4. The standard InChI is InChI=1S/C80H104N4O2S4Se/c1-7-11-15-19-23-25-27-29-31-41-49-61-63-55-65(70-58(6)78(86-54-44-34-22-18-14-10-4)72(76-74(70)82-90-84-76)68-52-51-67(91-68)59-45-37-35-38-46-59)87-79(63)62(50-42-32-30-28-26-24-20-16-12-8-2)64-56-66(88-80(61)64)71-75-73(81-89-83-75)69(60-47-39-36-40-48-60)57(5)77(71)85-53-43-33-21-17-13-9-3/h35-40,45-48,51-52,55-56H,7-34,41-44,49-50,53-54H2,1-6H3. The Morgan fingerprint density at radius 2 is 0.703 bits per heavy atom. The van der Waals surface area contributed by atoms with Crippen molar-refractivity contribution in [2.45, 2.75) is 260 Å². The normalized spacial score (nSPS) is 11.9. The number of aromatic nitrogens is 4. The third-order valence-electron chi connectivity index (χ3n) is 19.0. The Labute approximate surface area is 569 Å². The molecule has 0 aliphatic carbocycles. The first kappa shape index (κ1) is 69.1. The Morgan fingerprint density at radius 3 is 1.16 bits per heavy atom. The van der Waals surface area contributed by atoms with Crippen LogP contribution < -0.4 is 9.47 Å². The van der Waals surface area contributed by atoms with E-state index in [4.69, 9.17) is 27.0 Å². The average Bonchev–Trinajstić information content (AvgIpc) is 1.59. The molecule has 11 heteroatoms. The first-order valence-corrected chi connectivity index (χ1v) is 40.8. The van der Waals surface area contributed by atoms with Crippen molar-refractivity contribution < 1.29 is 9.47 Å². The van der Waals surface area contributed by atoms with E-state index in [2.05, 4.69) is 126 Å². The maximum atomic E-state index is 7.23. The van der Waals surface area contributed by atoms with E-state index in [1.165, 1.54) is 283 Å². The van der Waals surface area contributed by atoms with Gasteiger partial charge in [0.05, 0.1) is 23.9 Å². The Kier molecular flexibility index (Phi) is 27.9. The van der Waals surface area contributed by atoms with Gasteiger partial charge in [0, 0.05) is 11.1 Å². The summed E-state index contributed by atoms with van der Waals surface area (Å²) in [6.45, 7) is 15.2. The van der Waals surface area contributed by atoms with Gasteiger partial charge in [0.15, 0.2) is 0 Å². The van der Waals surface area contributed by atoms with Gasteiger partial charge < -0.3 is 4.74 Å². The molecule has 0 saturated heterocycles. The molecule has 5 aromatic carbocycles. The first-order valence-electron chi connectivity index (χ1n) is 36.0. The Balaban J connectivity index is 1.11. The molecular formula is C80H104N4O2S4Se. The van der Waals surface area contributed by atoms with Gasteiger partial charge >= 0.3 is 303 Å². The fraction of sp³-hybridized carbons (Fsp3) is 0.525. The maximum absolute atomic E-state index is 7.23. The molecule has 0 radical (unpaired) electrons. The number of benzene rings is 5. The minimum atomic E-state index is 0.0879.